The van der Waals surface area contributed by atoms with Crippen molar-refractivity contribution in [2.24, 2.45) is 5.16 Å². The second kappa shape index (κ2) is 5.93. The van der Waals surface area contributed by atoms with E-state index in [0.717, 1.165) is 5.56 Å². The molecule has 22 heavy (non-hydrogen) atoms. The lowest BCUT2D eigenvalue weighted by Gasteiger charge is -2.10. The highest BCUT2D eigenvalue weighted by Crippen LogP contribution is 2.19. The average molecular weight is 299 g/mol. The Hall–Kier alpha value is -2.76. The van der Waals surface area contributed by atoms with Crippen LogP contribution < -0.4 is 5.32 Å². The van der Waals surface area contributed by atoms with E-state index < -0.39 is 6.10 Å². The first-order valence-corrected chi connectivity index (χ1v) is 6.84. The van der Waals surface area contributed by atoms with Gasteiger partial charge in [-0.05, 0) is 30.7 Å². The number of nitrogens with one attached hydrogen (secondary N) is 1. The van der Waals surface area contributed by atoms with Crippen LogP contribution in [0.2, 0.25) is 0 Å². The second-order valence-corrected chi connectivity index (χ2v) is 5.00. The molecular weight excluding hydrogens is 285 g/mol. The molecule has 1 aromatic heterocycles. The van der Waals surface area contributed by atoms with Gasteiger partial charge in [0.05, 0.1) is 5.71 Å². The normalized spacial score (nSPS) is 16.8. The van der Waals surface area contributed by atoms with E-state index >= 15 is 0 Å². The number of benzene rings is 1. The minimum atomic E-state index is -0.736. The summed E-state index contributed by atoms with van der Waals surface area (Å²) in [7, 11) is 0. The number of amides is 1. The number of nitrogens with zero attached hydrogens (tertiary/aromatic N) is 2. The second-order valence-electron chi connectivity index (χ2n) is 5.00. The molecule has 0 saturated heterocycles. The minimum absolute atomic E-state index is 0.293. The summed E-state index contributed by atoms with van der Waals surface area (Å²) < 4.78 is 13.2. The third-order valence-corrected chi connectivity index (χ3v) is 3.37. The summed E-state index contributed by atoms with van der Waals surface area (Å²) in [4.78, 5) is 21.5. The maximum Gasteiger partial charge on any atom is 0.269 e. The number of anilines is 1. The molecule has 1 aliphatic heterocycles. The summed E-state index contributed by atoms with van der Waals surface area (Å²) in [6.45, 7) is 1.85. The van der Waals surface area contributed by atoms with E-state index in [1.807, 2.05) is 13.0 Å². The zero-order chi connectivity index (χ0) is 15.5. The highest BCUT2D eigenvalue weighted by atomic mass is 19.1. The van der Waals surface area contributed by atoms with Gasteiger partial charge in [0.25, 0.3) is 5.91 Å². The largest absolute Gasteiger partial charge is 0.382 e. The van der Waals surface area contributed by atoms with Crippen LogP contribution in [-0.2, 0) is 9.63 Å². The SMILES string of the molecule is Cc1cccnc1NC(=O)[C@@H]1CC(c2cccc(F)c2)=NO1. The molecule has 1 aliphatic rings. The molecule has 2 aromatic rings. The van der Waals surface area contributed by atoms with Crippen LogP contribution in [0.1, 0.15) is 17.5 Å². The topological polar surface area (TPSA) is 63.6 Å². The van der Waals surface area contributed by atoms with E-state index in [9.17, 15) is 9.18 Å². The number of hydrogen-bond donors (Lipinski definition) is 1. The first kappa shape index (κ1) is 14.2. The number of carbonyl (C=O) groups is 1. The van der Waals surface area contributed by atoms with E-state index in [1.165, 1.54) is 12.1 Å². The Morgan fingerprint density at radius 3 is 3.00 bits per heavy atom. The molecule has 1 aromatic carbocycles. The van der Waals surface area contributed by atoms with Gasteiger partial charge in [-0.1, -0.05) is 23.4 Å². The Morgan fingerprint density at radius 1 is 1.36 bits per heavy atom. The maximum atomic E-state index is 13.2. The van der Waals surface area contributed by atoms with Crippen molar-refractivity contribution >= 4 is 17.4 Å². The smallest absolute Gasteiger partial charge is 0.269 e. The first-order valence-electron chi connectivity index (χ1n) is 6.84. The molecule has 3 rings (SSSR count). The quantitative estimate of drug-likeness (QED) is 0.947. The zero-order valence-electron chi connectivity index (χ0n) is 11.9. The lowest BCUT2D eigenvalue weighted by molar-refractivity contribution is -0.125. The van der Waals surface area contributed by atoms with E-state index in [4.69, 9.17) is 4.84 Å². The van der Waals surface area contributed by atoms with Crippen molar-refractivity contribution in [3.05, 3.63) is 59.5 Å². The van der Waals surface area contributed by atoms with Crippen molar-refractivity contribution in [2.75, 3.05) is 5.32 Å². The van der Waals surface area contributed by atoms with Crippen LogP contribution >= 0.6 is 0 Å². The monoisotopic (exact) mass is 299 g/mol. The molecule has 0 bridgehead atoms. The van der Waals surface area contributed by atoms with Crippen LogP contribution in [0.4, 0.5) is 10.2 Å². The number of oxime groups is 1. The van der Waals surface area contributed by atoms with Crippen molar-refractivity contribution in [1.29, 1.82) is 0 Å². The Morgan fingerprint density at radius 2 is 2.23 bits per heavy atom. The molecule has 0 saturated carbocycles. The van der Waals surface area contributed by atoms with Gasteiger partial charge in [0.2, 0.25) is 6.10 Å². The summed E-state index contributed by atoms with van der Waals surface area (Å²) in [5.74, 6) is -0.176. The molecule has 112 valence electrons. The summed E-state index contributed by atoms with van der Waals surface area (Å²) >= 11 is 0. The molecule has 1 atom stereocenters. The molecule has 2 heterocycles. The molecule has 6 heteroatoms. The van der Waals surface area contributed by atoms with Crippen molar-refractivity contribution in [2.45, 2.75) is 19.4 Å². The van der Waals surface area contributed by atoms with Crippen LogP contribution in [0.5, 0.6) is 0 Å². The predicted molar refractivity (Wildman–Crippen MR) is 80.0 cm³/mol. The highest BCUT2D eigenvalue weighted by molar-refractivity contribution is 6.06. The summed E-state index contributed by atoms with van der Waals surface area (Å²) in [5, 5.41) is 6.60. The number of pyridine rings is 1. The fourth-order valence-electron chi connectivity index (χ4n) is 2.17. The predicted octanol–water partition coefficient (Wildman–Crippen LogP) is 2.66. The van der Waals surface area contributed by atoms with Gasteiger partial charge < -0.3 is 10.2 Å². The van der Waals surface area contributed by atoms with Gasteiger partial charge in [0.1, 0.15) is 11.6 Å². The van der Waals surface area contributed by atoms with Gasteiger partial charge in [-0.2, -0.15) is 0 Å². The molecular formula is C16H14FN3O2. The van der Waals surface area contributed by atoms with E-state index in [1.54, 1.807) is 24.4 Å². The highest BCUT2D eigenvalue weighted by Gasteiger charge is 2.29. The van der Waals surface area contributed by atoms with Crippen LogP contribution in [-0.4, -0.2) is 22.7 Å². The van der Waals surface area contributed by atoms with Gasteiger partial charge in [0.15, 0.2) is 0 Å². The first-order chi connectivity index (χ1) is 10.6. The van der Waals surface area contributed by atoms with E-state index in [2.05, 4.69) is 15.5 Å². The Kier molecular flexibility index (Phi) is 3.82. The zero-order valence-corrected chi connectivity index (χ0v) is 11.9. The van der Waals surface area contributed by atoms with Crippen LogP contribution in [0.15, 0.2) is 47.8 Å². The number of halogens is 1. The van der Waals surface area contributed by atoms with Crippen LogP contribution in [0.25, 0.3) is 0 Å². The number of aromatic nitrogens is 1. The third-order valence-electron chi connectivity index (χ3n) is 3.37. The number of rotatable bonds is 3. The van der Waals surface area contributed by atoms with Crippen molar-refractivity contribution < 1.29 is 14.0 Å². The van der Waals surface area contributed by atoms with E-state index in [0.29, 0.717) is 23.5 Å². The summed E-state index contributed by atoms with van der Waals surface area (Å²) in [6.07, 6.45) is 1.16. The van der Waals surface area contributed by atoms with Gasteiger partial charge in [-0.3, -0.25) is 4.79 Å². The third kappa shape index (κ3) is 2.95. The van der Waals surface area contributed by atoms with Crippen molar-refractivity contribution in [3.8, 4) is 0 Å². The summed E-state index contributed by atoms with van der Waals surface area (Å²) in [6, 6.07) is 9.70. The Labute approximate surface area is 126 Å². The molecule has 5 nitrogen and oxygen atoms in total. The average Bonchev–Trinajstić information content (AvgIpc) is 2.99. The fraction of sp³-hybridized carbons (Fsp3) is 0.188. The number of carbonyl (C=O) groups excluding carboxylic acids is 1. The van der Waals surface area contributed by atoms with Crippen molar-refractivity contribution in [1.82, 2.24) is 4.98 Å². The molecule has 0 aliphatic carbocycles. The molecule has 1 N–H and O–H groups in total. The Balaban J connectivity index is 1.67. The number of hydrogen-bond acceptors (Lipinski definition) is 4. The summed E-state index contributed by atoms with van der Waals surface area (Å²) in [5.41, 5.74) is 2.03. The van der Waals surface area contributed by atoms with Crippen molar-refractivity contribution in [3.63, 3.8) is 0 Å². The molecule has 1 amide bonds. The fourth-order valence-corrected chi connectivity index (χ4v) is 2.17. The number of aryl methyl sites for hydroxylation is 1. The van der Waals surface area contributed by atoms with Crippen LogP contribution in [0, 0.1) is 12.7 Å². The van der Waals surface area contributed by atoms with Crippen LogP contribution in [0.3, 0.4) is 0 Å². The van der Waals surface area contributed by atoms with Gasteiger partial charge >= 0.3 is 0 Å². The molecule has 0 radical (unpaired) electrons. The standard InChI is InChI=1S/C16H14FN3O2/c1-10-4-3-7-18-15(10)19-16(21)14-9-13(20-22-14)11-5-2-6-12(17)8-11/h2-8,14H,9H2,1H3,(H,18,19,21)/t14-/m0/s1. The van der Waals surface area contributed by atoms with Gasteiger partial charge in [0, 0.05) is 18.2 Å². The lowest BCUT2D eigenvalue weighted by atomic mass is 10.0. The van der Waals surface area contributed by atoms with Gasteiger partial charge in [-0.25, -0.2) is 9.37 Å². The lowest BCUT2D eigenvalue weighted by Crippen LogP contribution is -2.28. The molecule has 0 unspecified atom stereocenters. The maximum absolute atomic E-state index is 13.2. The Bertz CT molecular complexity index is 746. The molecule has 0 fully saturated rings. The van der Waals surface area contributed by atoms with Gasteiger partial charge in [-0.15, -0.1) is 0 Å². The van der Waals surface area contributed by atoms with E-state index in [-0.39, 0.29) is 11.7 Å². The minimum Gasteiger partial charge on any atom is -0.382 e. The molecule has 0 spiro atoms.